The van der Waals surface area contributed by atoms with Gasteiger partial charge in [-0.1, -0.05) is 19.1 Å². The molecule has 2 aromatic rings. The Balaban J connectivity index is 2.17. The van der Waals surface area contributed by atoms with Crippen molar-refractivity contribution in [2.24, 2.45) is 0 Å². The van der Waals surface area contributed by atoms with Crippen LogP contribution in [0.15, 0.2) is 30.6 Å². The maximum absolute atomic E-state index is 3.88. The van der Waals surface area contributed by atoms with Gasteiger partial charge in [0.25, 0.3) is 0 Å². The normalized spacial score (nSPS) is 12.6. The number of tetrazole rings is 1. The summed E-state index contributed by atoms with van der Waals surface area (Å²) < 4.78 is 1.66. The molecular weight excluding hydrogens is 214 g/mol. The molecule has 1 aromatic heterocycles. The molecule has 5 nitrogen and oxygen atoms in total. The Morgan fingerprint density at radius 1 is 1.41 bits per heavy atom. The molecule has 1 atom stereocenters. The fourth-order valence-corrected chi connectivity index (χ4v) is 1.69. The number of hydrogen-bond donors (Lipinski definition) is 1. The summed E-state index contributed by atoms with van der Waals surface area (Å²) in [4.78, 5) is 0. The topological polar surface area (TPSA) is 55.6 Å². The van der Waals surface area contributed by atoms with Gasteiger partial charge in [0.05, 0.1) is 5.69 Å². The van der Waals surface area contributed by atoms with Crippen LogP contribution in [0.3, 0.4) is 0 Å². The van der Waals surface area contributed by atoms with E-state index in [0.717, 1.165) is 18.7 Å². The summed E-state index contributed by atoms with van der Waals surface area (Å²) in [5, 5.41) is 14.6. The highest BCUT2D eigenvalue weighted by molar-refractivity contribution is 5.35. The van der Waals surface area contributed by atoms with E-state index in [4.69, 9.17) is 0 Å². The van der Waals surface area contributed by atoms with Crippen LogP contribution >= 0.6 is 0 Å². The maximum Gasteiger partial charge on any atom is 0.143 e. The monoisotopic (exact) mass is 231 g/mol. The van der Waals surface area contributed by atoms with Crippen molar-refractivity contribution >= 4 is 0 Å². The second-order valence-corrected chi connectivity index (χ2v) is 4.03. The molecule has 0 bridgehead atoms. The van der Waals surface area contributed by atoms with Gasteiger partial charge in [0.2, 0.25) is 0 Å². The first-order valence-electron chi connectivity index (χ1n) is 5.88. The van der Waals surface area contributed by atoms with Crippen LogP contribution in [0.5, 0.6) is 0 Å². The van der Waals surface area contributed by atoms with Crippen molar-refractivity contribution in [1.29, 1.82) is 0 Å². The van der Waals surface area contributed by atoms with Gasteiger partial charge in [0.15, 0.2) is 0 Å². The predicted octanol–water partition coefficient (Wildman–Crippen LogP) is 1.72. The van der Waals surface area contributed by atoms with Crippen LogP contribution in [0.1, 0.15) is 31.9 Å². The highest BCUT2D eigenvalue weighted by atomic mass is 15.5. The van der Waals surface area contributed by atoms with Crippen LogP contribution in [0, 0.1) is 0 Å². The van der Waals surface area contributed by atoms with E-state index in [1.54, 1.807) is 11.0 Å². The third-order valence-corrected chi connectivity index (χ3v) is 2.68. The lowest BCUT2D eigenvalue weighted by molar-refractivity contribution is 0.570. The summed E-state index contributed by atoms with van der Waals surface area (Å²) >= 11 is 0. The minimum absolute atomic E-state index is 0.339. The summed E-state index contributed by atoms with van der Waals surface area (Å²) in [6, 6.07) is 8.57. The summed E-state index contributed by atoms with van der Waals surface area (Å²) in [6.07, 6.45) is 2.74. The molecule has 1 aromatic carbocycles. The van der Waals surface area contributed by atoms with Gasteiger partial charge < -0.3 is 5.32 Å². The zero-order valence-electron chi connectivity index (χ0n) is 10.2. The van der Waals surface area contributed by atoms with E-state index >= 15 is 0 Å². The molecule has 5 heteroatoms. The van der Waals surface area contributed by atoms with Crippen LogP contribution in [0.4, 0.5) is 0 Å². The largest absolute Gasteiger partial charge is 0.310 e. The Kier molecular flexibility index (Phi) is 3.82. The molecule has 1 N–H and O–H groups in total. The van der Waals surface area contributed by atoms with Gasteiger partial charge in [-0.05, 0) is 48.0 Å². The van der Waals surface area contributed by atoms with Crippen molar-refractivity contribution in [2.45, 2.75) is 26.3 Å². The summed E-state index contributed by atoms with van der Waals surface area (Å²) in [5.41, 5.74) is 2.23. The van der Waals surface area contributed by atoms with Crippen molar-refractivity contribution in [1.82, 2.24) is 25.5 Å². The molecule has 0 saturated heterocycles. The van der Waals surface area contributed by atoms with Crippen molar-refractivity contribution in [2.75, 3.05) is 6.54 Å². The maximum atomic E-state index is 3.88. The van der Waals surface area contributed by atoms with Gasteiger partial charge in [-0.2, -0.15) is 0 Å². The standard InChI is InChI=1S/C12H17N5/c1-3-7-13-10(2)11-5-4-6-12(8-11)17-9-14-15-16-17/h4-6,8-10,13H,3,7H2,1-2H3. The number of aromatic nitrogens is 4. The molecule has 90 valence electrons. The SMILES string of the molecule is CCCNC(C)c1cccc(-n2cnnn2)c1. The van der Waals surface area contributed by atoms with Gasteiger partial charge in [-0.15, -0.1) is 5.10 Å². The van der Waals surface area contributed by atoms with Crippen LogP contribution in [0.2, 0.25) is 0 Å². The molecule has 17 heavy (non-hydrogen) atoms. The number of hydrogen-bond acceptors (Lipinski definition) is 4. The summed E-state index contributed by atoms with van der Waals surface area (Å²) in [5.74, 6) is 0. The van der Waals surface area contributed by atoms with E-state index in [0.29, 0.717) is 6.04 Å². The minimum atomic E-state index is 0.339. The fraction of sp³-hybridized carbons (Fsp3) is 0.417. The van der Waals surface area contributed by atoms with E-state index in [-0.39, 0.29) is 0 Å². The average Bonchev–Trinajstić information content (AvgIpc) is 2.90. The lowest BCUT2D eigenvalue weighted by atomic mass is 10.1. The Hall–Kier alpha value is -1.75. The van der Waals surface area contributed by atoms with Crippen LogP contribution < -0.4 is 5.32 Å². The Morgan fingerprint density at radius 2 is 2.29 bits per heavy atom. The molecule has 0 aliphatic carbocycles. The van der Waals surface area contributed by atoms with E-state index in [1.807, 2.05) is 12.1 Å². The second-order valence-electron chi connectivity index (χ2n) is 4.03. The molecular formula is C12H17N5. The van der Waals surface area contributed by atoms with E-state index < -0.39 is 0 Å². The molecule has 1 heterocycles. The third kappa shape index (κ3) is 2.88. The molecule has 0 saturated carbocycles. The van der Waals surface area contributed by atoms with E-state index in [9.17, 15) is 0 Å². The highest BCUT2D eigenvalue weighted by Gasteiger charge is 2.05. The highest BCUT2D eigenvalue weighted by Crippen LogP contribution is 2.15. The van der Waals surface area contributed by atoms with Gasteiger partial charge in [0, 0.05) is 6.04 Å². The lowest BCUT2D eigenvalue weighted by Gasteiger charge is -2.14. The molecule has 0 amide bonds. The first kappa shape index (κ1) is 11.7. The predicted molar refractivity (Wildman–Crippen MR) is 65.9 cm³/mol. The van der Waals surface area contributed by atoms with E-state index in [1.165, 1.54) is 5.56 Å². The molecule has 0 aliphatic heterocycles. The van der Waals surface area contributed by atoms with Crippen molar-refractivity contribution < 1.29 is 0 Å². The fourth-order valence-electron chi connectivity index (χ4n) is 1.69. The molecule has 0 spiro atoms. The summed E-state index contributed by atoms with van der Waals surface area (Å²) in [7, 11) is 0. The quantitative estimate of drug-likeness (QED) is 0.851. The smallest absolute Gasteiger partial charge is 0.143 e. The number of benzene rings is 1. The first-order chi connectivity index (χ1) is 8.31. The number of rotatable bonds is 5. The van der Waals surface area contributed by atoms with Gasteiger partial charge in [0.1, 0.15) is 6.33 Å². The lowest BCUT2D eigenvalue weighted by Crippen LogP contribution is -2.19. The molecule has 0 aliphatic rings. The molecule has 1 unspecified atom stereocenters. The zero-order valence-corrected chi connectivity index (χ0v) is 10.2. The molecule has 0 radical (unpaired) electrons. The van der Waals surface area contributed by atoms with Gasteiger partial charge in [-0.3, -0.25) is 0 Å². The third-order valence-electron chi connectivity index (χ3n) is 2.68. The minimum Gasteiger partial charge on any atom is -0.310 e. The van der Waals surface area contributed by atoms with Crippen LogP contribution in [-0.4, -0.2) is 26.8 Å². The Bertz CT molecular complexity index is 452. The molecule has 2 rings (SSSR count). The zero-order chi connectivity index (χ0) is 12.1. The van der Waals surface area contributed by atoms with Crippen molar-refractivity contribution in [3.8, 4) is 5.69 Å². The van der Waals surface area contributed by atoms with Crippen molar-refractivity contribution in [3.63, 3.8) is 0 Å². The second kappa shape index (κ2) is 5.54. The van der Waals surface area contributed by atoms with E-state index in [2.05, 4.69) is 46.8 Å². The number of nitrogens with zero attached hydrogens (tertiary/aromatic N) is 4. The average molecular weight is 231 g/mol. The Morgan fingerprint density at radius 3 is 3.00 bits per heavy atom. The van der Waals surface area contributed by atoms with Gasteiger partial charge in [-0.25, -0.2) is 4.68 Å². The summed E-state index contributed by atoms with van der Waals surface area (Å²) in [6.45, 7) is 5.35. The number of nitrogens with one attached hydrogen (secondary N) is 1. The van der Waals surface area contributed by atoms with Gasteiger partial charge >= 0.3 is 0 Å². The van der Waals surface area contributed by atoms with Crippen LogP contribution in [0.25, 0.3) is 5.69 Å². The molecule has 0 fully saturated rings. The van der Waals surface area contributed by atoms with Crippen LogP contribution in [-0.2, 0) is 0 Å². The first-order valence-corrected chi connectivity index (χ1v) is 5.88. The Labute approximate surface area is 101 Å². The van der Waals surface area contributed by atoms with Crippen molar-refractivity contribution in [3.05, 3.63) is 36.2 Å².